The maximum atomic E-state index is 13.2. The van der Waals surface area contributed by atoms with Gasteiger partial charge in [-0.05, 0) is 31.2 Å². The lowest BCUT2D eigenvalue weighted by atomic mass is 10.1. The Kier molecular flexibility index (Phi) is 5.09. The van der Waals surface area contributed by atoms with Crippen LogP contribution in [0.2, 0.25) is 0 Å². The molecule has 0 bridgehead atoms. The number of carboxylic acids is 1. The zero-order chi connectivity index (χ0) is 13.7. The second kappa shape index (κ2) is 6.35. The van der Waals surface area contributed by atoms with Crippen molar-refractivity contribution >= 4 is 5.97 Å². The third kappa shape index (κ3) is 3.43. The predicted molar refractivity (Wildman–Crippen MR) is 66.1 cm³/mol. The van der Waals surface area contributed by atoms with Crippen LogP contribution in [-0.2, 0) is 11.3 Å². The molecule has 1 aromatic carbocycles. The van der Waals surface area contributed by atoms with E-state index >= 15 is 0 Å². The standard InChI is InChI=1S/C13H18FNO3/c1-4-11(13(16)17)15(2)8-9-5-6-10(14)12(7-9)18-3/h5-7,11H,4,8H2,1-3H3,(H,16,17). The van der Waals surface area contributed by atoms with Gasteiger partial charge in [0.05, 0.1) is 7.11 Å². The Morgan fingerprint density at radius 2 is 2.22 bits per heavy atom. The monoisotopic (exact) mass is 255 g/mol. The average Bonchev–Trinajstić information content (AvgIpc) is 2.32. The summed E-state index contributed by atoms with van der Waals surface area (Å²) < 4.78 is 18.1. The normalized spacial score (nSPS) is 12.5. The van der Waals surface area contributed by atoms with Gasteiger partial charge in [-0.25, -0.2) is 4.39 Å². The van der Waals surface area contributed by atoms with Gasteiger partial charge in [0.2, 0.25) is 0 Å². The highest BCUT2D eigenvalue weighted by Crippen LogP contribution is 2.19. The van der Waals surface area contributed by atoms with E-state index in [1.165, 1.54) is 13.2 Å². The van der Waals surface area contributed by atoms with Crippen LogP contribution in [0.4, 0.5) is 4.39 Å². The van der Waals surface area contributed by atoms with Gasteiger partial charge in [0.25, 0.3) is 0 Å². The Bertz CT molecular complexity index is 423. The third-order valence-corrected chi connectivity index (χ3v) is 2.85. The van der Waals surface area contributed by atoms with E-state index in [0.717, 1.165) is 5.56 Å². The number of carbonyl (C=O) groups is 1. The summed E-state index contributed by atoms with van der Waals surface area (Å²) in [5.74, 6) is -1.10. The lowest BCUT2D eigenvalue weighted by Crippen LogP contribution is -2.37. The number of hydrogen-bond acceptors (Lipinski definition) is 3. The minimum atomic E-state index is -0.853. The van der Waals surface area contributed by atoms with Crippen LogP contribution < -0.4 is 4.74 Å². The molecule has 1 atom stereocenters. The Morgan fingerprint density at radius 1 is 1.56 bits per heavy atom. The zero-order valence-corrected chi connectivity index (χ0v) is 10.8. The summed E-state index contributed by atoms with van der Waals surface area (Å²) in [5.41, 5.74) is 0.815. The van der Waals surface area contributed by atoms with Crippen LogP contribution in [0.1, 0.15) is 18.9 Å². The Balaban J connectivity index is 2.81. The maximum absolute atomic E-state index is 13.2. The van der Waals surface area contributed by atoms with Gasteiger partial charge in [0.15, 0.2) is 11.6 Å². The molecular weight excluding hydrogens is 237 g/mol. The number of hydrogen-bond donors (Lipinski definition) is 1. The molecule has 0 heterocycles. The van der Waals surface area contributed by atoms with Crippen molar-refractivity contribution in [1.82, 2.24) is 4.90 Å². The third-order valence-electron chi connectivity index (χ3n) is 2.85. The first-order valence-corrected chi connectivity index (χ1v) is 5.75. The lowest BCUT2D eigenvalue weighted by molar-refractivity contribution is -0.143. The van der Waals surface area contributed by atoms with Gasteiger partial charge >= 0.3 is 5.97 Å². The fraction of sp³-hybridized carbons (Fsp3) is 0.462. The number of benzene rings is 1. The molecule has 0 aliphatic carbocycles. The van der Waals surface area contributed by atoms with Crippen molar-refractivity contribution in [3.8, 4) is 5.75 Å². The SMILES string of the molecule is CCC(C(=O)O)N(C)Cc1ccc(F)c(OC)c1. The van der Waals surface area contributed by atoms with Crippen molar-refractivity contribution < 1.29 is 19.0 Å². The summed E-state index contributed by atoms with van der Waals surface area (Å²) in [6.07, 6.45) is 0.518. The molecule has 1 aromatic rings. The Labute approximate surface area is 106 Å². The number of ether oxygens (including phenoxy) is 1. The fourth-order valence-corrected chi connectivity index (χ4v) is 1.88. The number of nitrogens with zero attached hydrogens (tertiary/aromatic N) is 1. The Hall–Kier alpha value is -1.62. The highest BCUT2D eigenvalue weighted by atomic mass is 19.1. The van der Waals surface area contributed by atoms with E-state index in [4.69, 9.17) is 9.84 Å². The smallest absolute Gasteiger partial charge is 0.320 e. The molecule has 100 valence electrons. The van der Waals surface area contributed by atoms with Gasteiger partial charge in [0, 0.05) is 6.54 Å². The van der Waals surface area contributed by atoms with E-state index in [2.05, 4.69) is 0 Å². The first-order chi connectivity index (χ1) is 8.49. The summed E-state index contributed by atoms with van der Waals surface area (Å²) in [7, 11) is 3.14. The molecule has 0 spiro atoms. The van der Waals surface area contributed by atoms with E-state index in [0.29, 0.717) is 13.0 Å². The number of halogens is 1. The van der Waals surface area contributed by atoms with Crippen molar-refractivity contribution in [2.24, 2.45) is 0 Å². The van der Waals surface area contributed by atoms with E-state index in [9.17, 15) is 9.18 Å². The van der Waals surface area contributed by atoms with Crippen molar-refractivity contribution in [2.75, 3.05) is 14.2 Å². The van der Waals surface area contributed by atoms with Crippen molar-refractivity contribution in [1.29, 1.82) is 0 Å². The molecule has 0 amide bonds. The number of rotatable bonds is 6. The minimum Gasteiger partial charge on any atom is -0.494 e. The number of carboxylic acid groups (broad SMARTS) is 1. The molecule has 1 rings (SSSR count). The molecule has 0 saturated carbocycles. The predicted octanol–water partition coefficient (Wildman–Crippen LogP) is 2.13. The summed E-state index contributed by atoms with van der Waals surface area (Å²) >= 11 is 0. The van der Waals surface area contributed by atoms with Gasteiger partial charge in [-0.1, -0.05) is 13.0 Å². The van der Waals surface area contributed by atoms with Crippen molar-refractivity contribution in [2.45, 2.75) is 25.9 Å². The maximum Gasteiger partial charge on any atom is 0.320 e. The molecular formula is C13H18FNO3. The molecule has 4 nitrogen and oxygen atoms in total. The first-order valence-electron chi connectivity index (χ1n) is 5.75. The molecule has 0 radical (unpaired) electrons. The van der Waals surface area contributed by atoms with Crippen LogP contribution in [0.15, 0.2) is 18.2 Å². The largest absolute Gasteiger partial charge is 0.494 e. The van der Waals surface area contributed by atoms with Crippen LogP contribution in [0, 0.1) is 5.82 Å². The molecule has 18 heavy (non-hydrogen) atoms. The van der Waals surface area contributed by atoms with Gasteiger partial charge in [-0.3, -0.25) is 9.69 Å². The fourth-order valence-electron chi connectivity index (χ4n) is 1.88. The molecule has 1 unspecified atom stereocenters. The average molecular weight is 255 g/mol. The number of methoxy groups -OCH3 is 1. The molecule has 0 aromatic heterocycles. The Morgan fingerprint density at radius 3 is 2.72 bits per heavy atom. The molecule has 0 saturated heterocycles. The number of aliphatic carboxylic acids is 1. The van der Waals surface area contributed by atoms with Crippen LogP contribution in [-0.4, -0.2) is 36.2 Å². The topological polar surface area (TPSA) is 49.8 Å². The molecule has 5 heteroatoms. The minimum absolute atomic E-state index is 0.171. The molecule has 0 fully saturated rings. The lowest BCUT2D eigenvalue weighted by Gasteiger charge is -2.23. The second-order valence-electron chi connectivity index (χ2n) is 4.15. The molecule has 1 N–H and O–H groups in total. The van der Waals surface area contributed by atoms with Crippen LogP contribution >= 0.6 is 0 Å². The van der Waals surface area contributed by atoms with Crippen LogP contribution in [0.5, 0.6) is 5.75 Å². The summed E-state index contributed by atoms with van der Waals surface area (Å²) in [4.78, 5) is 12.7. The van der Waals surface area contributed by atoms with E-state index < -0.39 is 17.8 Å². The number of likely N-dealkylation sites (N-methyl/N-ethyl adjacent to an activating group) is 1. The van der Waals surface area contributed by atoms with Gasteiger partial charge in [-0.2, -0.15) is 0 Å². The van der Waals surface area contributed by atoms with Gasteiger partial charge in [0.1, 0.15) is 6.04 Å². The van der Waals surface area contributed by atoms with E-state index in [-0.39, 0.29) is 5.75 Å². The molecule has 0 aliphatic heterocycles. The van der Waals surface area contributed by atoms with Crippen LogP contribution in [0.25, 0.3) is 0 Å². The summed E-state index contributed by atoms with van der Waals surface area (Å²) in [6, 6.07) is 3.99. The second-order valence-corrected chi connectivity index (χ2v) is 4.15. The summed E-state index contributed by atoms with van der Waals surface area (Å²) in [5, 5.41) is 9.04. The van der Waals surface area contributed by atoms with Crippen molar-refractivity contribution in [3.63, 3.8) is 0 Å². The van der Waals surface area contributed by atoms with Gasteiger partial charge in [-0.15, -0.1) is 0 Å². The summed E-state index contributed by atoms with van der Waals surface area (Å²) in [6.45, 7) is 2.25. The first kappa shape index (κ1) is 14.4. The molecule has 0 aliphatic rings. The highest BCUT2D eigenvalue weighted by molar-refractivity contribution is 5.73. The van der Waals surface area contributed by atoms with Crippen LogP contribution in [0.3, 0.4) is 0 Å². The van der Waals surface area contributed by atoms with E-state index in [1.54, 1.807) is 24.1 Å². The zero-order valence-electron chi connectivity index (χ0n) is 10.8. The highest BCUT2D eigenvalue weighted by Gasteiger charge is 2.20. The van der Waals surface area contributed by atoms with Crippen molar-refractivity contribution in [3.05, 3.63) is 29.6 Å². The quantitative estimate of drug-likeness (QED) is 0.846. The van der Waals surface area contributed by atoms with Gasteiger partial charge < -0.3 is 9.84 Å². The van der Waals surface area contributed by atoms with E-state index in [1.807, 2.05) is 6.92 Å².